The first-order chi connectivity index (χ1) is 19.0. The van der Waals surface area contributed by atoms with Crippen molar-refractivity contribution in [2.45, 2.75) is 32.9 Å². The number of ether oxygens (including phenoxy) is 1. The van der Waals surface area contributed by atoms with Gasteiger partial charge in [-0.25, -0.2) is 0 Å². The van der Waals surface area contributed by atoms with Crippen molar-refractivity contribution in [3.63, 3.8) is 0 Å². The van der Waals surface area contributed by atoms with E-state index in [-0.39, 0.29) is 12.1 Å². The topological polar surface area (TPSA) is 42.3 Å². The summed E-state index contributed by atoms with van der Waals surface area (Å²) in [6.07, 6.45) is 1.84. The van der Waals surface area contributed by atoms with Crippen molar-refractivity contribution in [1.82, 2.24) is 14.9 Å². The number of aryl methyl sites for hydroxylation is 2. The van der Waals surface area contributed by atoms with Crippen LogP contribution in [-0.4, -0.2) is 14.7 Å². The number of aromatic nitrogens is 2. The fourth-order valence-corrected chi connectivity index (χ4v) is 5.77. The molecule has 5 nitrogen and oxygen atoms in total. The molecule has 0 amide bonds. The molecule has 194 valence electrons. The van der Waals surface area contributed by atoms with Crippen LogP contribution in [0, 0.1) is 20.8 Å². The van der Waals surface area contributed by atoms with Crippen molar-refractivity contribution >= 4 is 23.0 Å². The summed E-state index contributed by atoms with van der Waals surface area (Å²) in [7, 11) is 0. The highest BCUT2D eigenvalue weighted by Crippen LogP contribution is 2.44. The molecule has 0 unspecified atom stereocenters. The zero-order chi connectivity index (χ0) is 26.9. The van der Waals surface area contributed by atoms with Crippen molar-refractivity contribution in [1.29, 1.82) is 0 Å². The van der Waals surface area contributed by atoms with E-state index in [9.17, 15) is 0 Å². The standard InChI is InChI=1S/C33H30N4OS/c1-22-12-14-25(15-13-22)36-23(2)21-29(24(36)3)32-31(30-11-7-8-20-34-30)35-33(39)37(32)26-16-18-28(19-17-26)38-27-9-5-4-6-10-27/h4-21,31-32H,1-3H3,(H,35,39)/t31-,32+/m0/s1. The maximum Gasteiger partial charge on any atom is 0.174 e. The summed E-state index contributed by atoms with van der Waals surface area (Å²) in [6, 6.07) is 34.7. The monoisotopic (exact) mass is 530 g/mol. The van der Waals surface area contributed by atoms with E-state index in [4.69, 9.17) is 21.9 Å². The van der Waals surface area contributed by atoms with Crippen LogP contribution in [0.2, 0.25) is 0 Å². The minimum atomic E-state index is -0.106. The fourth-order valence-electron chi connectivity index (χ4n) is 5.43. The second kappa shape index (κ2) is 10.4. The fraction of sp³-hybridized carbons (Fsp3) is 0.152. The molecule has 5 aromatic rings. The van der Waals surface area contributed by atoms with E-state index in [2.05, 4.69) is 84.1 Å². The molecule has 0 spiro atoms. The number of nitrogens with zero attached hydrogens (tertiary/aromatic N) is 3. The van der Waals surface area contributed by atoms with Gasteiger partial charge in [-0.15, -0.1) is 0 Å². The number of benzene rings is 3. The smallest absolute Gasteiger partial charge is 0.174 e. The number of thiocarbonyl (C=S) groups is 1. The molecule has 1 aliphatic rings. The van der Waals surface area contributed by atoms with Gasteiger partial charge in [0.1, 0.15) is 11.5 Å². The van der Waals surface area contributed by atoms with E-state index in [0.29, 0.717) is 5.11 Å². The average molecular weight is 531 g/mol. The van der Waals surface area contributed by atoms with Gasteiger partial charge < -0.3 is 19.5 Å². The van der Waals surface area contributed by atoms with Gasteiger partial charge in [-0.1, -0.05) is 42.0 Å². The lowest BCUT2D eigenvalue weighted by Crippen LogP contribution is -2.29. The first-order valence-corrected chi connectivity index (χ1v) is 13.5. The van der Waals surface area contributed by atoms with Crippen molar-refractivity contribution in [2.75, 3.05) is 4.90 Å². The van der Waals surface area contributed by atoms with Crippen LogP contribution < -0.4 is 15.0 Å². The van der Waals surface area contributed by atoms with Crippen LogP contribution in [0.25, 0.3) is 5.69 Å². The molecule has 0 bridgehead atoms. The lowest BCUT2D eigenvalue weighted by molar-refractivity contribution is 0.482. The van der Waals surface area contributed by atoms with Gasteiger partial charge >= 0.3 is 0 Å². The van der Waals surface area contributed by atoms with Crippen molar-refractivity contribution < 1.29 is 4.74 Å². The highest BCUT2D eigenvalue weighted by atomic mass is 32.1. The molecule has 0 radical (unpaired) electrons. The molecule has 3 heterocycles. The van der Waals surface area contributed by atoms with Crippen molar-refractivity contribution in [3.05, 3.63) is 138 Å². The summed E-state index contributed by atoms with van der Waals surface area (Å²) in [6.45, 7) is 6.46. The lowest BCUT2D eigenvalue weighted by Gasteiger charge is -2.28. The van der Waals surface area contributed by atoms with E-state index >= 15 is 0 Å². The molecule has 1 aliphatic heterocycles. The Kier molecular flexibility index (Phi) is 6.63. The van der Waals surface area contributed by atoms with E-state index in [1.807, 2.05) is 60.8 Å². The molecule has 0 saturated carbocycles. The molecule has 1 saturated heterocycles. The average Bonchev–Trinajstić information content (AvgIpc) is 3.45. The zero-order valence-electron chi connectivity index (χ0n) is 22.2. The quantitative estimate of drug-likeness (QED) is 0.227. The number of hydrogen-bond acceptors (Lipinski definition) is 3. The highest BCUT2D eigenvalue weighted by molar-refractivity contribution is 7.80. The van der Waals surface area contributed by atoms with Gasteiger partial charge in [0.15, 0.2) is 5.11 Å². The van der Waals surface area contributed by atoms with Crippen LogP contribution in [-0.2, 0) is 0 Å². The summed E-state index contributed by atoms with van der Waals surface area (Å²) < 4.78 is 8.36. The Morgan fingerprint density at radius 3 is 2.13 bits per heavy atom. The van der Waals surface area contributed by atoms with Crippen LogP contribution in [0.5, 0.6) is 11.5 Å². The number of pyridine rings is 1. The third-order valence-corrected chi connectivity index (χ3v) is 7.59. The summed E-state index contributed by atoms with van der Waals surface area (Å²) in [5.41, 5.74) is 7.92. The highest BCUT2D eigenvalue weighted by Gasteiger charge is 2.42. The molecule has 39 heavy (non-hydrogen) atoms. The minimum Gasteiger partial charge on any atom is -0.457 e. The lowest BCUT2D eigenvalue weighted by atomic mass is 9.96. The second-order valence-electron chi connectivity index (χ2n) is 9.90. The van der Waals surface area contributed by atoms with Crippen LogP contribution in [0.1, 0.15) is 40.3 Å². The minimum absolute atomic E-state index is 0.0845. The van der Waals surface area contributed by atoms with Crippen LogP contribution in [0.15, 0.2) is 109 Å². The van der Waals surface area contributed by atoms with E-state index in [0.717, 1.165) is 28.6 Å². The number of para-hydroxylation sites is 1. The van der Waals surface area contributed by atoms with E-state index in [1.54, 1.807) is 0 Å². The Morgan fingerprint density at radius 2 is 1.44 bits per heavy atom. The normalized spacial score (nSPS) is 16.8. The summed E-state index contributed by atoms with van der Waals surface area (Å²) in [5.74, 6) is 1.58. The summed E-state index contributed by atoms with van der Waals surface area (Å²) in [5, 5.41) is 4.25. The Balaban J connectivity index is 1.41. The summed E-state index contributed by atoms with van der Waals surface area (Å²) >= 11 is 5.95. The first kappa shape index (κ1) is 24.9. The molecule has 1 fully saturated rings. The number of anilines is 1. The Labute approximate surface area is 234 Å². The van der Waals surface area contributed by atoms with Gasteiger partial charge in [0.2, 0.25) is 0 Å². The molecular formula is C33H30N4OS. The molecule has 3 aromatic carbocycles. The zero-order valence-corrected chi connectivity index (χ0v) is 23.0. The van der Waals surface area contributed by atoms with Crippen LogP contribution in [0.4, 0.5) is 5.69 Å². The molecule has 6 rings (SSSR count). The molecule has 1 N–H and O–H groups in total. The summed E-state index contributed by atoms with van der Waals surface area (Å²) in [4.78, 5) is 6.92. The Morgan fingerprint density at radius 1 is 0.769 bits per heavy atom. The van der Waals surface area contributed by atoms with Crippen LogP contribution >= 0.6 is 12.2 Å². The maximum atomic E-state index is 6.04. The molecule has 2 atom stereocenters. The number of hydrogen-bond donors (Lipinski definition) is 1. The first-order valence-electron chi connectivity index (χ1n) is 13.1. The largest absolute Gasteiger partial charge is 0.457 e. The molecule has 6 heteroatoms. The third kappa shape index (κ3) is 4.79. The van der Waals surface area contributed by atoms with Crippen molar-refractivity contribution in [2.24, 2.45) is 0 Å². The third-order valence-electron chi connectivity index (χ3n) is 7.27. The molecule has 2 aromatic heterocycles. The maximum absolute atomic E-state index is 6.04. The van der Waals surface area contributed by atoms with Gasteiger partial charge in [-0.3, -0.25) is 4.98 Å². The Bertz CT molecular complexity index is 1600. The van der Waals surface area contributed by atoms with E-state index in [1.165, 1.54) is 22.5 Å². The second-order valence-corrected chi connectivity index (χ2v) is 10.3. The van der Waals surface area contributed by atoms with Gasteiger partial charge in [0, 0.05) is 29.0 Å². The van der Waals surface area contributed by atoms with Gasteiger partial charge in [-0.2, -0.15) is 0 Å². The number of nitrogens with one attached hydrogen (secondary N) is 1. The van der Waals surface area contributed by atoms with Gasteiger partial charge in [0.05, 0.1) is 17.8 Å². The van der Waals surface area contributed by atoms with Gasteiger partial charge in [-0.05, 0) is 105 Å². The predicted molar refractivity (Wildman–Crippen MR) is 161 cm³/mol. The predicted octanol–water partition coefficient (Wildman–Crippen LogP) is 7.77. The Hall–Kier alpha value is -4.42. The van der Waals surface area contributed by atoms with Gasteiger partial charge in [0.25, 0.3) is 0 Å². The van der Waals surface area contributed by atoms with E-state index < -0.39 is 0 Å². The SMILES string of the molecule is Cc1ccc(-n2c(C)cc([C@@H]3[C@H](c4ccccn4)NC(=S)N3c3ccc(Oc4ccccc4)cc3)c2C)cc1. The van der Waals surface area contributed by atoms with Crippen molar-refractivity contribution in [3.8, 4) is 17.2 Å². The molecule has 0 aliphatic carbocycles. The number of rotatable bonds is 6. The molecular weight excluding hydrogens is 500 g/mol. The van der Waals surface area contributed by atoms with Crippen LogP contribution in [0.3, 0.4) is 0 Å².